The van der Waals surface area contributed by atoms with Gasteiger partial charge in [-0.2, -0.15) is 0 Å². The van der Waals surface area contributed by atoms with Crippen LogP contribution in [0, 0.1) is 0 Å². The van der Waals surface area contributed by atoms with Crippen LogP contribution in [0.2, 0.25) is 0 Å². The molecule has 1 aromatic rings. The van der Waals surface area contributed by atoms with E-state index in [1.54, 1.807) is 18.2 Å². The summed E-state index contributed by atoms with van der Waals surface area (Å²) in [5, 5.41) is 0. The van der Waals surface area contributed by atoms with Gasteiger partial charge in [0.1, 0.15) is 5.75 Å². The third-order valence-electron chi connectivity index (χ3n) is 3.22. The Balaban J connectivity index is 1.98. The van der Waals surface area contributed by atoms with Crippen LogP contribution in [0.25, 0.3) is 0 Å². The zero-order chi connectivity index (χ0) is 14.6. The van der Waals surface area contributed by atoms with Crippen molar-refractivity contribution >= 4 is 15.7 Å². The molecule has 0 spiro atoms. The Kier molecular flexibility index (Phi) is 4.85. The minimum Gasteiger partial charge on any atom is -0.496 e. The second kappa shape index (κ2) is 6.43. The van der Waals surface area contributed by atoms with Crippen LogP contribution in [0.15, 0.2) is 18.2 Å². The number of nitrogens with two attached hydrogens (primary N) is 1. The van der Waals surface area contributed by atoms with Gasteiger partial charge in [0, 0.05) is 24.4 Å². The van der Waals surface area contributed by atoms with Crippen molar-refractivity contribution in [1.29, 1.82) is 0 Å². The minimum atomic E-state index is -3.37. The molecule has 1 fully saturated rings. The number of hydrogen-bond donors (Lipinski definition) is 2. The Morgan fingerprint density at radius 3 is 2.95 bits per heavy atom. The summed E-state index contributed by atoms with van der Waals surface area (Å²) in [6, 6.07) is 5.13. The van der Waals surface area contributed by atoms with Gasteiger partial charge in [0.2, 0.25) is 10.0 Å². The van der Waals surface area contributed by atoms with Crippen molar-refractivity contribution in [3.8, 4) is 5.75 Å². The van der Waals surface area contributed by atoms with E-state index in [9.17, 15) is 8.42 Å². The molecule has 1 atom stereocenters. The van der Waals surface area contributed by atoms with Crippen molar-refractivity contribution < 1.29 is 17.9 Å². The summed E-state index contributed by atoms with van der Waals surface area (Å²) in [7, 11) is -1.83. The van der Waals surface area contributed by atoms with Gasteiger partial charge in [-0.3, -0.25) is 0 Å². The molecule has 0 aliphatic carbocycles. The van der Waals surface area contributed by atoms with Gasteiger partial charge in [-0.05, 0) is 31.0 Å². The molecule has 0 radical (unpaired) electrons. The molecule has 1 saturated heterocycles. The molecular formula is C13H20N2O4S. The molecule has 1 aliphatic rings. The fraction of sp³-hybridized carbons (Fsp3) is 0.538. The number of benzene rings is 1. The molecule has 0 aromatic heterocycles. The number of methoxy groups -OCH3 is 1. The normalized spacial score (nSPS) is 19.1. The summed E-state index contributed by atoms with van der Waals surface area (Å²) in [6.07, 6.45) is 1.52. The van der Waals surface area contributed by atoms with Crippen LogP contribution in [0.1, 0.15) is 18.4 Å². The molecule has 7 heteroatoms. The first kappa shape index (κ1) is 15.1. The lowest BCUT2D eigenvalue weighted by molar-refractivity contribution is 0.127. The van der Waals surface area contributed by atoms with E-state index in [1.165, 1.54) is 7.11 Å². The number of nitrogens with one attached hydrogen (secondary N) is 1. The molecule has 1 heterocycles. The van der Waals surface area contributed by atoms with Crippen LogP contribution in [-0.4, -0.2) is 34.0 Å². The molecule has 6 nitrogen and oxygen atoms in total. The zero-order valence-electron chi connectivity index (χ0n) is 11.5. The van der Waals surface area contributed by atoms with Crippen molar-refractivity contribution in [2.45, 2.75) is 25.5 Å². The monoisotopic (exact) mass is 300 g/mol. The highest BCUT2D eigenvalue weighted by molar-refractivity contribution is 7.89. The number of rotatable bonds is 6. The van der Waals surface area contributed by atoms with Crippen LogP contribution in [0.5, 0.6) is 5.75 Å². The summed E-state index contributed by atoms with van der Waals surface area (Å²) in [4.78, 5) is 0. The molecule has 3 N–H and O–H groups in total. The lowest BCUT2D eigenvalue weighted by atomic mass is 10.2. The van der Waals surface area contributed by atoms with Crippen molar-refractivity contribution in [3.63, 3.8) is 0 Å². The Morgan fingerprint density at radius 2 is 2.30 bits per heavy atom. The smallest absolute Gasteiger partial charge is 0.214 e. The van der Waals surface area contributed by atoms with Crippen molar-refractivity contribution in [3.05, 3.63) is 23.8 Å². The summed E-state index contributed by atoms with van der Waals surface area (Å²) >= 11 is 0. The molecule has 0 bridgehead atoms. The molecule has 20 heavy (non-hydrogen) atoms. The van der Waals surface area contributed by atoms with Crippen LogP contribution in [-0.2, 0) is 21.3 Å². The van der Waals surface area contributed by atoms with E-state index >= 15 is 0 Å². The summed E-state index contributed by atoms with van der Waals surface area (Å²) in [5.74, 6) is 0.608. The Morgan fingerprint density at radius 1 is 1.50 bits per heavy atom. The van der Waals surface area contributed by atoms with Gasteiger partial charge in [-0.25, -0.2) is 13.1 Å². The standard InChI is InChI=1S/C13H20N2O4S/c1-18-13-5-4-11(14)7-10(13)8-15-20(16,17)9-12-3-2-6-19-12/h4-5,7,12,15H,2-3,6,8-9,14H2,1H3. The summed E-state index contributed by atoms with van der Waals surface area (Å²) in [6.45, 7) is 0.798. The van der Waals surface area contributed by atoms with Crippen molar-refractivity contribution in [1.82, 2.24) is 4.72 Å². The predicted octanol–water partition coefficient (Wildman–Crippen LogP) is 0.876. The Hall–Kier alpha value is -1.31. The van der Waals surface area contributed by atoms with E-state index in [0.29, 0.717) is 23.6 Å². The van der Waals surface area contributed by atoms with Gasteiger partial charge in [-0.1, -0.05) is 0 Å². The maximum Gasteiger partial charge on any atom is 0.214 e. The first-order valence-corrected chi connectivity index (χ1v) is 8.17. The number of nitrogen functional groups attached to an aromatic ring is 1. The molecule has 1 aromatic carbocycles. The van der Waals surface area contributed by atoms with Crippen molar-refractivity contribution in [2.75, 3.05) is 25.2 Å². The average molecular weight is 300 g/mol. The van der Waals surface area contributed by atoms with E-state index in [0.717, 1.165) is 12.8 Å². The topological polar surface area (TPSA) is 90.6 Å². The Bertz CT molecular complexity index is 553. The van der Waals surface area contributed by atoms with Crippen molar-refractivity contribution in [2.24, 2.45) is 0 Å². The van der Waals surface area contributed by atoms with E-state index < -0.39 is 10.0 Å². The number of anilines is 1. The van der Waals surface area contributed by atoms with Crippen LogP contribution < -0.4 is 15.2 Å². The third-order valence-corrected chi connectivity index (χ3v) is 4.61. The first-order chi connectivity index (χ1) is 9.50. The first-order valence-electron chi connectivity index (χ1n) is 6.51. The van der Waals surface area contributed by atoms with Crippen LogP contribution in [0.3, 0.4) is 0 Å². The number of sulfonamides is 1. The van der Waals surface area contributed by atoms with Gasteiger partial charge in [0.05, 0.1) is 19.0 Å². The molecular weight excluding hydrogens is 280 g/mol. The predicted molar refractivity (Wildman–Crippen MR) is 77.0 cm³/mol. The van der Waals surface area contributed by atoms with Gasteiger partial charge in [0.25, 0.3) is 0 Å². The fourth-order valence-corrected chi connectivity index (χ4v) is 3.45. The van der Waals surface area contributed by atoms with Crippen LogP contribution in [0.4, 0.5) is 5.69 Å². The highest BCUT2D eigenvalue weighted by atomic mass is 32.2. The minimum absolute atomic E-state index is 0.00235. The molecule has 112 valence electrons. The summed E-state index contributed by atoms with van der Waals surface area (Å²) in [5.41, 5.74) is 6.98. The lowest BCUT2D eigenvalue weighted by Gasteiger charge is -2.13. The largest absolute Gasteiger partial charge is 0.496 e. The molecule has 0 amide bonds. The van der Waals surface area contributed by atoms with E-state index in [1.807, 2.05) is 0 Å². The van der Waals surface area contributed by atoms with E-state index in [2.05, 4.69) is 4.72 Å². The second-order valence-electron chi connectivity index (χ2n) is 4.81. The SMILES string of the molecule is COc1ccc(N)cc1CNS(=O)(=O)CC1CCCO1. The van der Waals surface area contributed by atoms with E-state index in [4.69, 9.17) is 15.2 Å². The highest BCUT2D eigenvalue weighted by Gasteiger charge is 2.23. The molecule has 2 rings (SSSR count). The molecule has 0 saturated carbocycles. The van der Waals surface area contributed by atoms with Gasteiger partial charge in [0.15, 0.2) is 0 Å². The average Bonchev–Trinajstić information content (AvgIpc) is 2.89. The lowest BCUT2D eigenvalue weighted by Crippen LogP contribution is -2.31. The molecule has 1 aliphatic heterocycles. The highest BCUT2D eigenvalue weighted by Crippen LogP contribution is 2.21. The van der Waals surface area contributed by atoms with Gasteiger partial charge >= 0.3 is 0 Å². The Labute approximate surface area is 119 Å². The van der Waals surface area contributed by atoms with Gasteiger partial charge < -0.3 is 15.2 Å². The van der Waals surface area contributed by atoms with Gasteiger partial charge in [-0.15, -0.1) is 0 Å². The zero-order valence-corrected chi connectivity index (χ0v) is 12.3. The maximum absolute atomic E-state index is 12.0. The maximum atomic E-state index is 12.0. The summed E-state index contributed by atoms with van der Waals surface area (Å²) < 4.78 is 37.0. The quantitative estimate of drug-likeness (QED) is 0.761. The third kappa shape index (κ3) is 4.09. The number of hydrogen-bond acceptors (Lipinski definition) is 5. The number of ether oxygens (including phenoxy) is 2. The molecule has 1 unspecified atom stereocenters. The van der Waals surface area contributed by atoms with E-state index in [-0.39, 0.29) is 18.4 Å². The fourth-order valence-electron chi connectivity index (χ4n) is 2.20. The second-order valence-corrected chi connectivity index (χ2v) is 6.66. The van der Waals surface area contributed by atoms with Crippen LogP contribution >= 0.6 is 0 Å².